The van der Waals surface area contributed by atoms with Gasteiger partial charge in [0.05, 0.1) is 72.1 Å². The van der Waals surface area contributed by atoms with Crippen molar-refractivity contribution in [1.82, 2.24) is 86.7 Å². The average Bonchev–Trinajstić information content (AvgIpc) is 4.09. The van der Waals surface area contributed by atoms with Gasteiger partial charge in [0.15, 0.2) is 0 Å². The smallest absolute Gasteiger partial charge is 0.0947 e. The minimum absolute atomic E-state index is 0.786. The van der Waals surface area contributed by atoms with Gasteiger partial charge in [-0.15, -0.1) is 0 Å². The van der Waals surface area contributed by atoms with Crippen molar-refractivity contribution in [1.29, 1.82) is 0 Å². The van der Waals surface area contributed by atoms with E-state index in [0.717, 1.165) is 152 Å². The first-order chi connectivity index (χ1) is 29.1. The first-order valence-corrected chi connectivity index (χ1v) is 21.2. The topological polar surface area (TPSA) is 126 Å². The summed E-state index contributed by atoms with van der Waals surface area (Å²) < 4.78 is 12.2. The molecule has 7 rings (SSSR count). The standard InChI is InChI=1S/C42H66N18/c1-49-19-37(43-31-49)25-58(26-38-20-50(2)32-44-38)16-13-55-7-9-56(14-17-59(27-39-21-51(3)33-45-39)28-40-22-52(4)34-46-40)11-12-57(10-8-55)15-18-60(29-41-23-53(5)35-47-41)30-42-24-54(6)36-48-42/h19-24,31-36H,7-18,25-30H2,1-6H3. The lowest BCUT2D eigenvalue weighted by atomic mass is 10.3. The summed E-state index contributed by atoms with van der Waals surface area (Å²) in [4.78, 5) is 43.6. The number of rotatable bonds is 21. The van der Waals surface area contributed by atoms with E-state index < -0.39 is 0 Å². The third kappa shape index (κ3) is 13.5. The van der Waals surface area contributed by atoms with Crippen LogP contribution in [0.1, 0.15) is 34.2 Å². The molecule has 1 fully saturated rings. The number of hydrogen-bond donors (Lipinski definition) is 0. The molecule has 0 aliphatic carbocycles. The van der Waals surface area contributed by atoms with E-state index in [1.54, 1.807) is 0 Å². The first kappa shape index (κ1) is 43.1. The van der Waals surface area contributed by atoms with E-state index in [9.17, 15) is 0 Å². The molecular formula is C42H66N18. The fourth-order valence-corrected chi connectivity index (χ4v) is 8.01. The Morgan fingerprint density at radius 1 is 0.333 bits per heavy atom. The molecular weight excluding hydrogens is 757 g/mol. The van der Waals surface area contributed by atoms with E-state index in [4.69, 9.17) is 0 Å². The molecule has 18 heteroatoms. The van der Waals surface area contributed by atoms with Gasteiger partial charge in [-0.05, 0) is 0 Å². The molecule has 6 aromatic heterocycles. The van der Waals surface area contributed by atoms with Crippen LogP contribution in [-0.2, 0) is 81.6 Å². The van der Waals surface area contributed by atoms with E-state index >= 15 is 0 Å². The minimum atomic E-state index is 0.786. The van der Waals surface area contributed by atoms with Crippen molar-refractivity contribution in [3.8, 4) is 0 Å². The van der Waals surface area contributed by atoms with Crippen LogP contribution in [0.25, 0.3) is 0 Å². The Morgan fingerprint density at radius 3 is 0.667 bits per heavy atom. The monoisotopic (exact) mass is 823 g/mol. The Kier molecular flexibility index (Phi) is 15.1. The van der Waals surface area contributed by atoms with Crippen molar-refractivity contribution in [2.75, 3.05) is 78.5 Å². The van der Waals surface area contributed by atoms with Crippen molar-refractivity contribution in [3.05, 3.63) is 109 Å². The molecule has 0 radical (unpaired) electrons. The van der Waals surface area contributed by atoms with E-state index in [2.05, 4.69) is 96.5 Å². The van der Waals surface area contributed by atoms with Gasteiger partial charge in [-0.2, -0.15) is 0 Å². The van der Waals surface area contributed by atoms with Crippen LogP contribution in [-0.4, -0.2) is 165 Å². The first-order valence-electron chi connectivity index (χ1n) is 21.2. The van der Waals surface area contributed by atoms with Crippen LogP contribution in [0.3, 0.4) is 0 Å². The van der Waals surface area contributed by atoms with Crippen LogP contribution in [0, 0.1) is 0 Å². The van der Waals surface area contributed by atoms with Gasteiger partial charge in [0.25, 0.3) is 0 Å². The maximum Gasteiger partial charge on any atom is 0.0947 e. The minimum Gasteiger partial charge on any atom is -0.340 e. The van der Waals surface area contributed by atoms with Gasteiger partial charge in [-0.1, -0.05) is 0 Å². The lowest BCUT2D eigenvalue weighted by Gasteiger charge is -2.29. The lowest BCUT2D eigenvalue weighted by molar-refractivity contribution is 0.161. The Morgan fingerprint density at radius 2 is 0.517 bits per heavy atom. The van der Waals surface area contributed by atoms with E-state index in [1.807, 2.05) is 108 Å². The molecule has 6 aromatic rings. The molecule has 0 spiro atoms. The summed E-state index contributed by atoms with van der Waals surface area (Å²) in [5.74, 6) is 0. The van der Waals surface area contributed by atoms with E-state index in [0.29, 0.717) is 0 Å². The highest BCUT2D eigenvalue weighted by Gasteiger charge is 2.21. The van der Waals surface area contributed by atoms with Gasteiger partial charge in [0.2, 0.25) is 0 Å². The highest BCUT2D eigenvalue weighted by molar-refractivity contribution is 5.03. The number of hydrogen-bond acceptors (Lipinski definition) is 12. The molecule has 7 heterocycles. The summed E-state index contributed by atoms with van der Waals surface area (Å²) in [7, 11) is 12.2. The molecule has 0 N–H and O–H groups in total. The average molecular weight is 823 g/mol. The fourth-order valence-electron chi connectivity index (χ4n) is 8.01. The Balaban J connectivity index is 1.05. The van der Waals surface area contributed by atoms with Crippen LogP contribution in [0.4, 0.5) is 0 Å². The molecule has 0 unspecified atom stereocenters. The zero-order valence-corrected chi connectivity index (χ0v) is 36.7. The van der Waals surface area contributed by atoms with Crippen molar-refractivity contribution < 1.29 is 0 Å². The summed E-state index contributed by atoms with van der Waals surface area (Å²) >= 11 is 0. The normalized spacial score (nSPS) is 15.2. The van der Waals surface area contributed by atoms with Crippen molar-refractivity contribution in [2.45, 2.75) is 39.3 Å². The maximum atomic E-state index is 4.68. The predicted molar refractivity (Wildman–Crippen MR) is 231 cm³/mol. The molecule has 60 heavy (non-hydrogen) atoms. The Bertz CT molecular complexity index is 1770. The van der Waals surface area contributed by atoms with Crippen molar-refractivity contribution in [3.63, 3.8) is 0 Å². The van der Waals surface area contributed by atoms with Crippen LogP contribution in [0.5, 0.6) is 0 Å². The fraction of sp³-hybridized carbons (Fsp3) is 0.571. The summed E-state index contributed by atoms with van der Waals surface area (Å²) in [6.07, 6.45) is 24.1. The van der Waals surface area contributed by atoms with Gasteiger partial charge in [0, 0.05) is 197 Å². The van der Waals surface area contributed by atoms with Gasteiger partial charge in [-0.25, -0.2) is 29.9 Å². The summed E-state index contributed by atoms with van der Waals surface area (Å²) in [5.41, 5.74) is 6.48. The van der Waals surface area contributed by atoms with Gasteiger partial charge in [-0.3, -0.25) is 29.4 Å². The Hall–Kier alpha value is -4.98. The third-order valence-corrected chi connectivity index (χ3v) is 11.3. The van der Waals surface area contributed by atoms with Crippen LogP contribution in [0.2, 0.25) is 0 Å². The maximum absolute atomic E-state index is 4.68. The van der Waals surface area contributed by atoms with Crippen molar-refractivity contribution >= 4 is 0 Å². The molecule has 1 aliphatic rings. The van der Waals surface area contributed by atoms with Crippen LogP contribution in [0.15, 0.2) is 75.1 Å². The molecule has 1 saturated heterocycles. The van der Waals surface area contributed by atoms with E-state index in [1.165, 1.54) is 0 Å². The predicted octanol–water partition coefficient (Wildman–Crippen LogP) is 1.41. The quantitative estimate of drug-likeness (QED) is 0.104. The third-order valence-electron chi connectivity index (χ3n) is 11.3. The molecule has 0 amide bonds. The zero-order valence-electron chi connectivity index (χ0n) is 36.7. The number of aryl methyl sites for hydroxylation is 6. The lowest BCUT2D eigenvalue weighted by Crippen LogP contribution is -2.42. The van der Waals surface area contributed by atoms with Gasteiger partial charge in [0.1, 0.15) is 0 Å². The SMILES string of the molecule is Cn1cnc(CN(CCN2CCN(CCN(Cc3cn(C)cn3)Cc3cn(C)cn3)CCN(CCN(Cc3cn(C)cn3)Cc3cn(C)cn3)CC2)Cc2cn(C)cn2)c1. The van der Waals surface area contributed by atoms with Crippen LogP contribution < -0.4 is 0 Å². The zero-order chi connectivity index (χ0) is 41.8. The second-order valence-corrected chi connectivity index (χ2v) is 16.8. The Labute approximate surface area is 355 Å². The number of aromatic nitrogens is 12. The largest absolute Gasteiger partial charge is 0.340 e. The summed E-state index contributed by atoms with van der Waals surface area (Å²) in [5, 5.41) is 0. The summed E-state index contributed by atoms with van der Waals surface area (Å²) in [6.45, 7) is 16.5. The highest BCUT2D eigenvalue weighted by Crippen LogP contribution is 2.13. The molecule has 324 valence electrons. The summed E-state index contributed by atoms with van der Waals surface area (Å²) in [6, 6.07) is 0. The number of nitrogens with zero attached hydrogens (tertiary/aromatic N) is 18. The van der Waals surface area contributed by atoms with E-state index in [-0.39, 0.29) is 0 Å². The second-order valence-electron chi connectivity index (χ2n) is 16.8. The van der Waals surface area contributed by atoms with Gasteiger partial charge < -0.3 is 27.4 Å². The number of imidazole rings is 6. The molecule has 0 saturated carbocycles. The molecule has 0 bridgehead atoms. The molecule has 0 aromatic carbocycles. The second kappa shape index (κ2) is 21.0. The van der Waals surface area contributed by atoms with Crippen LogP contribution >= 0.6 is 0 Å². The molecule has 0 atom stereocenters. The van der Waals surface area contributed by atoms with Crippen molar-refractivity contribution in [2.24, 2.45) is 42.3 Å². The molecule has 18 nitrogen and oxygen atoms in total. The highest BCUT2D eigenvalue weighted by atomic mass is 15.3. The molecule has 1 aliphatic heterocycles. The van der Waals surface area contributed by atoms with Gasteiger partial charge >= 0.3 is 0 Å².